The number of likely N-dealkylation sites (tertiary alicyclic amines) is 1. The lowest BCUT2D eigenvalue weighted by molar-refractivity contribution is 0.195. The summed E-state index contributed by atoms with van der Waals surface area (Å²) in [4.78, 5) is 9.36. The van der Waals surface area contributed by atoms with E-state index in [2.05, 4.69) is 51.3 Å². The lowest BCUT2D eigenvalue weighted by Crippen LogP contribution is -2.45. The number of aliphatic imine (C=N–C) groups is 1. The van der Waals surface area contributed by atoms with Crippen LogP contribution >= 0.6 is 24.0 Å². The standard InChI is InChI=1S/C18H28N4.HI/c1-15-7-11-21(12-8-15)14-10-20-18(19-2)22-13-9-16-5-3-4-6-17(16)22;/h3-6,15H,7-14H2,1-2H3,(H,19,20);1H. The lowest BCUT2D eigenvalue weighted by Gasteiger charge is -2.30. The van der Waals surface area contributed by atoms with Gasteiger partial charge in [-0.1, -0.05) is 25.1 Å². The van der Waals surface area contributed by atoms with E-state index in [9.17, 15) is 0 Å². The van der Waals surface area contributed by atoms with Crippen molar-refractivity contribution in [2.75, 3.05) is 44.7 Å². The third-order valence-corrected chi connectivity index (χ3v) is 4.94. The normalized spacial score (nSPS) is 19.4. The third-order valence-electron chi connectivity index (χ3n) is 4.94. The highest BCUT2D eigenvalue weighted by atomic mass is 127. The van der Waals surface area contributed by atoms with Gasteiger partial charge in [-0.05, 0) is 49.9 Å². The fraction of sp³-hybridized carbons (Fsp3) is 0.611. The Labute approximate surface area is 157 Å². The molecule has 0 bridgehead atoms. The Morgan fingerprint density at radius 1 is 1.22 bits per heavy atom. The average Bonchev–Trinajstić information content (AvgIpc) is 2.97. The molecule has 2 heterocycles. The molecule has 1 aromatic rings. The van der Waals surface area contributed by atoms with Crippen LogP contribution in [0.3, 0.4) is 0 Å². The summed E-state index contributed by atoms with van der Waals surface area (Å²) in [6, 6.07) is 8.65. The third kappa shape index (κ3) is 4.59. The first-order valence-electron chi connectivity index (χ1n) is 8.56. The summed E-state index contributed by atoms with van der Waals surface area (Å²) in [6.07, 6.45) is 3.79. The quantitative estimate of drug-likeness (QED) is 0.456. The van der Waals surface area contributed by atoms with Gasteiger partial charge in [0.05, 0.1) is 0 Å². The van der Waals surface area contributed by atoms with Gasteiger partial charge in [0, 0.05) is 32.4 Å². The molecule has 0 atom stereocenters. The number of hydrogen-bond acceptors (Lipinski definition) is 2. The first-order valence-corrected chi connectivity index (χ1v) is 8.56. The van der Waals surface area contributed by atoms with E-state index in [4.69, 9.17) is 0 Å². The Bertz CT molecular complexity index is 524. The summed E-state index contributed by atoms with van der Waals surface area (Å²) >= 11 is 0. The van der Waals surface area contributed by atoms with E-state index in [1.807, 2.05) is 7.05 Å². The zero-order valence-electron chi connectivity index (χ0n) is 14.3. The number of fused-ring (bicyclic) bond motifs is 1. The number of guanidine groups is 1. The molecule has 0 aliphatic carbocycles. The van der Waals surface area contributed by atoms with Crippen LogP contribution in [0, 0.1) is 5.92 Å². The Balaban J connectivity index is 0.00000192. The maximum Gasteiger partial charge on any atom is 0.198 e. The molecule has 0 amide bonds. The van der Waals surface area contributed by atoms with E-state index < -0.39 is 0 Å². The number of rotatable bonds is 3. The Kier molecular flexibility index (Phi) is 7.14. The largest absolute Gasteiger partial charge is 0.355 e. The van der Waals surface area contributed by atoms with Crippen LogP contribution in [-0.2, 0) is 6.42 Å². The molecular formula is C18H29IN4. The predicted octanol–water partition coefficient (Wildman–Crippen LogP) is 2.97. The van der Waals surface area contributed by atoms with Crippen LogP contribution in [0.2, 0.25) is 0 Å². The molecule has 1 N–H and O–H groups in total. The number of piperidine rings is 1. The van der Waals surface area contributed by atoms with Crippen molar-refractivity contribution in [1.82, 2.24) is 10.2 Å². The van der Waals surface area contributed by atoms with Gasteiger partial charge in [-0.2, -0.15) is 0 Å². The molecule has 4 nitrogen and oxygen atoms in total. The van der Waals surface area contributed by atoms with Crippen molar-refractivity contribution >= 4 is 35.6 Å². The highest BCUT2D eigenvalue weighted by molar-refractivity contribution is 14.0. The first kappa shape index (κ1) is 18.5. The van der Waals surface area contributed by atoms with Crippen molar-refractivity contribution in [2.24, 2.45) is 10.9 Å². The van der Waals surface area contributed by atoms with Gasteiger partial charge in [0.15, 0.2) is 5.96 Å². The van der Waals surface area contributed by atoms with Gasteiger partial charge in [-0.3, -0.25) is 4.99 Å². The van der Waals surface area contributed by atoms with Crippen molar-refractivity contribution in [3.63, 3.8) is 0 Å². The zero-order valence-corrected chi connectivity index (χ0v) is 16.6. The van der Waals surface area contributed by atoms with E-state index in [-0.39, 0.29) is 24.0 Å². The van der Waals surface area contributed by atoms with Crippen molar-refractivity contribution in [3.05, 3.63) is 29.8 Å². The van der Waals surface area contributed by atoms with Crippen molar-refractivity contribution in [3.8, 4) is 0 Å². The van der Waals surface area contributed by atoms with E-state index in [1.54, 1.807) is 0 Å². The van der Waals surface area contributed by atoms with Crippen LogP contribution in [0.5, 0.6) is 0 Å². The second-order valence-corrected chi connectivity index (χ2v) is 6.53. The predicted molar refractivity (Wildman–Crippen MR) is 109 cm³/mol. The molecule has 0 unspecified atom stereocenters. The number of para-hydroxylation sites is 1. The Morgan fingerprint density at radius 3 is 2.70 bits per heavy atom. The number of halogens is 1. The fourth-order valence-electron chi connectivity index (χ4n) is 3.46. The minimum absolute atomic E-state index is 0. The topological polar surface area (TPSA) is 30.9 Å². The van der Waals surface area contributed by atoms with Crippen LogP contribution in [0.15, 0.2) is 29.3 Å². The van der Waals surface area contributed by atoms with Crippen LogP contribution in [0.25, 0.3) is 0 Å². The number of nitrogens with zero attached hydrogens (tertiary/aromatic N) is 3. The van der Waals surface area contributed by atoms with Gasteiger partial charge in [-0.25, -0.2) is 0 Å². The smallest absolute Gasteiger partial charge is 0.198 e. The maximum absolute atomic E-state index is 4.48. The van der Waals surface area contributed by atoms with Gasteiger partial charge in [0.25, 0.3) is 0 Å². The van der Waals surface area contributed by atoms with Crippen molar-refractivity contribution in [1.29, 1.82) is 0 Å². The SMILES string of the molecule is CN=C(NCCN1CCC(C)CC1)N1CCc2ccccc21.I. The highest BCUT2D eigenvalue weighted by Crippen LogP contribution is 2.27. The number of benzene rings is 1. The summed E-state index contributed by atoms with van der Waals surface area (Å²) in [5.74, 6) is 1.91. The van der Waals surface area contributed by atoms with Crippen LogP contribution in [0.1, 0.15) is 25.3 Å². The first-order chi connectivity index (χ1) is 10.8. The van der Waals surface area contributed by atoms with Crippen molar-refractivity contribution < 1.29 is 0 Å². The molecule has 1 aromatic carbocycles. The van der Waals surface area contributed by atoms with Gasteiger partial charge < -0.3 is 15.1 Å². The molecule has 0 aromatic heterocycles. The van der Waals surface area contributed by atoms with Crippen LogP contribution < -0.4 is 10.2 Å². The Morgan fingerprint density at radius 2 is 1.96 bits per heavy atom. The van der Waals surface area contributed by atoms with Gasteiger partial charge >= 0.3 is 0 Å². The minimum Gasteiger partial charge on any atom is -0.355 e. The minimum atomic E-state index is 0. The molecule has 2 aliphatic rings. The zero-order chi connectivity index (χ0) is 15.4. The molecule has 2 aliphatic heterocycles. The Hall–Kier alpha value is -0.820. The monoisotopic (exact) mass is 428 g/mol. The maximum atomic E-state index is 4.48. The van der Waals surface area contributed by atoms with Crippen LogP contribution in [0.4, 0.5) is 5.69 Å². The second kappa shape index (κ2) is 8.87. The number of anilines is 1. The average molecular weight is 428 g/mol. The molecule has 128 valence electrons. The summed E-state index contributed by atoms with van der Waals surface area (Å²) in [5, 5.41) is 3.55. The van der Waals surface area contributed by atoms with E-state index in [0.717, 1.165) is 37.9 Å². The van der Waals surface area contributed by atoms with Gasteiger partial charge in [-0.15, -0.1) is 24.0 Å². The van der Waals surface area contributed by atoms with Gasteiger partial charge in [0.2, 0.25) is 0 Å². The molecule has 1 fully saturated rings. The molecule has 0 saturated carbocycles. The van der Waals surface area contributed by atoms with E-state index in [1.165, 1.54) is 37.2 Å². The summed E-state index contributed by atoms with van der Waals surface area (Å²) in [5.41, 5.74) is 2.73. The molecule has 0 radical (unpaired) electrons. The molecule has 0 spiro atoms. The molecule has 1 saturated heterocycles. The molecule has 3 rings (SSSR count). The summed E-state index contributed by atoms with van der Waals surface area (Å²) in [6.45, 7) is 7.96. The summed E-state index contributed by atoms with van der Waals surface area (Å²) in [7, 11) is 1.88. The highest BCUT2D eigenvalue weighted by Gasteiger charge is 2.22. The van der Waals surface area contributed by atoms with E-state index >= 15 is 0 Å². The van der Waals surface area contributed by atoms with Gasteiger partial charge in [0.1, 0.15) is 0 Å². The van der Waals surface area contributed by atoms with Crippen LogP contribution in [-0.4, -0.2) is 50.6 Å². The number of nitrogens with one attached hydrogen (secondary N) is 1. The van der Waals surface area contributed by atoms with E-state index in [0.29, 0.717) is 0 Å². The fourth-order valence-corrected chi connectivity index (χ4v) is 3.46. The lowest BCUT2D eigenvalue weighted by atomic mass is 9.99. The second-order valence-electron chi connectivity index (χ2n) is 6.53. The molecule has 5 heteroatoms. The molecule has 23 heavy (non-hydrogen) atoms. The summed E-state index contributed by atoms with van der Waals surface area (Å²) < 4.78 is 0. The van der Waals surface area contributed by atoms with Crippen molar-refractivity contribution in [2.45, 2.75) is 26.2 Å². The molecular weight excluding hydrogens is 399 g/mol. The number of hydrogen-bond donors (Lipinski definition) is 1.